The van der Waals surface area contributed by atoms with E-state index in [9.17, 15) is 4.39 Å². The molecule has 4 rings (SSSR count). The molecule has 1 saturated heterocycles. The number of anilines is 4. The van der Waals surface area contributed by atoms with E-state index in [0.29, 0.717) is 17.6 Å². The van der Waals surface area contributed by atoms with Crippen LogP contribution in [0.25, 0.3) is 0 Å². The average Bonchev–Trinajstić information content (AvgIpc) is 2.71. The van der Waals surface area contributed by atoms with E-state index in [1.54, 1.807) is 30.1 Å². The van der Waals surface area contributed by atoms with Crippen molar-refractivity contribution in [2.24, 2.45) is 0 Å². The third kappa shape index (κ3) is 4.71. The summed E-state index contributed by atoms with van der Waals surface area (Å²) in [5, 5.41) is 3.15. The van der Waals surface area contributed by atoms with Crippen LogP contribution >= 0.6 is 11.9 Å². The van der Waals surface area contributed by atoms with Crippen LogP contribution < -0.4 is 16.0 Å². The molecule has 0 unspecified atom stereocenters. The van der Waals surface area contributed by atoms with Gasteiger partial charge in [-0.05, 0) is 48.3 Å². The smallest absolute Gasteiger partial charge is 0.229 e. The van der Waals surface area contributed by atoms with Crippen molar-refractivity contribution in [3.05, 3.63) is 66.5 Å². The van der Waals surface area contributed by atoms with Gasteiger partial charge in [0.25, 0.3) is 0 Å². The van der Waals surface area contributed by atoms with Gasteiger partial charge in [0, 0.05) is 42.8 Å². The molecule has 144 valence electrons. The molecule has 0 amide bonds. The fourth-order valence-electron chi connectivity index (χ4n) is 2.95. The Kier molecular flexibility index (Phi) is 5.59. The Hall–Kier alpha value is -2.84. The van der Waals surface area contributed by atoms with Crippen LogP contribution in [-0.4, -0.2) is 40.5 Å². The minimum absolute atomic E-state index is 0.278. The van der Waals surface area contributed by atoms with Gasteiger partial charge in [0.1, 0.15) is 17.5 Å². The Morgan fingerprint density at radius 3 is 2.36 bits per heavy atom. The molecule has 6 nitrogen and oxygen atoms in total. The first-order valence-electron chi connectivity index (χ1n) is 9.06. The summed E-state index contributed by atoms with van der Waals surface area (Å²) in [5.74, 6) is 1.32. The molecule has 3 aromatic rings. The fraction of sp³-hybridized carbons (Fsp3) is 0.200. The highest BCUT2D eigenvalue weighted by Gasteiger charge is 2.20. The molecule has 0 saturated carbocycles. The van der Waals surface area contributed by atoms with Gasteiger partial charge in [-0.1, -0.05) is 18.2 Å². The molecule has 28 heavy (non-hydrogen) atoms. The second kappa shape index (κ2) is 8.45. The Morgan fingerprint density at radius 1 is 0.929 bits per heavy atom. The SMILES string of the molecule is Nc1cc(Nc2ccc(F)cc2)nc(N2CCN(Sc3ccccc3)CC2)n1. The summed E-state index contributed by atoms with van der Waals surface area (Å²) in [6.45, 7) is 3.44. The molecule has 1 aromatic heterocycles. The maximum Gasteiger partial charge on any atom is 0.229 e. The summed E-state index contributed by atoms with van der Waals surface area (Å²) in [6, 6.07) is 18.2. The van der Waals surface area contributed by atoms with E-state index in [2.05, 4.69) is 48.8 Å². The van der Waals surface area contributed by atoms with Crippen molar-refractivity contribution < 1.29 is 4.39 Å². The quantitative estimate of drug-likeness (QED) is 0.636. The first-order chi connectivity index (χ1) is 13.7. The van der Waals surface area contributed by atoms with E-state index in [4.69, 9.17) is 5.73 Å². The molecule has 1 aliphatic rings. The van der Waals surface area contributed by atoms with E-state index in [0.717, 1.165) is 31.9 Å². The molecule has 2 heterocycles. The fourth-order valence-corrected chi connectivity index (χ4v) is 3.87. The molecule has 3 N–H and O–H groups in total. The predicted molar refractivity (Wildman–Crippen MR) is 112 cm³/mol. The van der Waals surface area contributed by atoms with Crippen LogP contribution in [0.15, 0.2) is 65.6 Å². The molecule has 1 aliphatic heterocycles. The van der Waals surface area contributed by atoms with Gasteiger partial charge in [-0.25, -0.2) is 8.70 Å². The number of rotatable bonds is 5. The maximum atomic E-state index is 13.1. The Balaban J connectivity index is 1.40. The number of hydrogen-bond acceptors (Lipinski definition) is 7. The van der Waals surface area contributed by atoms with Gasteiger partial charge >= 0.3 is 0 Å². The molecule has 0 bridgehead atoms. The van der Waals surface area contributed by atoms with Crippen molar-refractivity contribution in [3.63, 3.8) is 0 Å². The number of nitrogens with zero attached hydrogens (tertiary/aromatic N) is 4. The number of nitrogens with two attached hydrogens (primary N) is 1. The topological polar surface area (TPSA) is 70.3 Å². The summed E-state index contributed by atoms with van der Waals surface area (Å²) in [6.07, 6.45) is 0. The van der Waals surface area contributed by atoms with Crippen molar-refractivity contribution in [1.82, 2.24) is 14.3 Å². The van der Waals surface area contributed by atoms with Crippen LogP contribution in [0.3, 0.4) is 0 Å². The third-order valence-corrected chi connectivity index (χ3v) is 5.46. The number of benzene rings is 2. The largest absolute Gasteiger partial charge is 0.383 e. The first-order valence-corrected chi connectivity index (χ1v) is 9.83. The molecule has 0 atom stereocenters. The lowest BCUT2D eigenvalue weighted by atomic mass is 10.3. The molecule has 2 aromatic carbocycles. The summed E-state index contributed by atoms with van der Waals surface area (Å²) < 4.78 is 15.4. The minimum Gasteiger partial charge on any atom is -0.383 e. The minimum atomic E-state index is -0.278. The second-order valence-electron chi connectivity index (χ2n) is 6.43. The molecule has 8 heteroatoms. The molecular weight excluding hydrogens is 375 g/mol. The lowest BCUT2D eigenvalue weighted by Gasteiger charge is -2.34. The molecular formula is C20H21FN6S. The van der Waals surface area contributed by atoms with Crippen LogP contribution in [0, 0.1) is 5.82 Å². The lowest BCUT2D eigenvalue weighted by Crippen LogP contribution is -2.44. The third-order valence-electron chi connectivity index (χ3n) is 4.35. The molecule has 1 fully saturated rings. The van der Waals surface area contributed by atoms with Crippen molar-refractivity contribution in [3.8, 4) is 0 Å². The van der Waals surface area contributed by atoms with Crippen LogP contribution in [0.5, 0.6) is 0 Å². The zero-order valence-electron chi connectivity index (χ0n) is 15.3. The highest BCUT2D eigenvalue weighted by Crippen LogP contribution is 2.25. The summed E-state index contributed by atoms with van der Waals surface area (Å²) in [4.78, 5) is 12.3. The lowest BCUT2D eigenvalue weighted by molar-refractivity contribution is 0.426. The van der Waals surface area contributed by atoms with E-state index in [-0.39, 0.29) is 5.82 Å². The van der Waals surface area contributed by atoms with Crippen molar-refractivity contribution >= 4 is 35.2 Å². The summed E-state index contributed by atoms with van der Waals surface area (Å²) in [5.41, 5.74) is 6.73. The normalized spacial score (nSPS) is 14.8. The van der Waals surface area contributed by atoms with Crippen LogP contribution in [0.2, 0.25) is 0 Å². The number of hydrogen-bond donors (Lipinski definition) is 2. The van der Waals surface area contributed by atoms with Crippen molar-refractivity contribution in [2.45, 2.75) is 4.90 Å². The zero-order valence-corrected chi connectivity index (χ0v) is 16.1. The van der Waals surface area contributed by atoms with Crippen LogP contribution in [0.1, 0.15) is 0 Å². The second-order valence-corrected chi connectivity index (χ2v) is 7.60. The van der Waals surface area contributed by atoms with Gasteiger partial charge in [-0.2, -0.15) is 9.97 Å². The number of halogens is 1. The zero-order chi connectivity index (χ0) is 19.3. The van der Waals surface area contributed by atoms with Crippen molar-refractivity contribution in [2.75, 3.05) is 42.1 Å². The van der Waals surface area contributed by atoms with Gasteiger partial charge < -0.3 is 16.0 Å². The Bertz CT molecular complexity index is 914. The highest BCUT2D eigenvalue weighted by molar-refractivity contribution is 7.97. The number of aromatic nitrogens is 2. The number of nitrogens with one attached hydrogen (secondary N) is 1. The van der Waals surface area contributed by atoms with E-state index in [1.807, 2.05) is 6.07 Å². The monoisotopic (exact) mass is 396 g/mol. The van der Waals surface area contributed by atoms with E-state index < -0.39 is 0 Å². The number of piperazine rings is 1. The molecule has 0 radical (unpaired) electrons. The Labute approximate surface area is 167 Å². The van der Waals surface area contributed by atoms with Gasteiger partial charge in [-0.3, -0.25) is 0 Å². The van der Waals surface area contributed by atoms with Gasteiger partial charge in [0.15, 0.2) is 0 Å². The van der Waals surface area contributed by atoms with Crippen LogP contribution in [0.4, 0.5) is 27.7 Å². The molecule has 0 spiro atoms. The van der Waals surface area contributed by atoms with Gasteiger partial charge in [0.05, 0.1) is 0 Å². The predicted octanol–water partition coefficient (Wildman–Crippen LogP) is 3.77. The average molecular weight is 396 g/mol. The summed E-state index contributed by atoms with van der Waals surface area (Å²) in [7, 11) is 0. The Morgan fingerprint density at radius 2 is 1.64 bits per heavy atom. The van der Waals surface area contributed by atoms with Gasteiger partial charge in [-0.15, -0.1) is 0 Å². The van der Waals surface area contributed by atoms with Gasteiger partial charge in [0.2, 0.25) is 5.95 Å². The number of nitrogen functional groups attached to an aromatic ring is 1. The molecule has 0 aliphatic carbocycles. The van der Waals surface area contributed by atoms with E-state index >= 15 is 0 Å². The standard InChI is InChI=1S/C20H21FN6S/c21-15-6-8-16(9-7-15)23-19-14-18(22)24-20(25-19)26-10-12-27(13-11-26)28-17-4-2-1-3-5-17/h1-9,14H,10-13H2,(H3,22,23,24,25). The summed E-state index contributed by atoms with van der Waals surface area (Å²) >= 11 is 1.77. The van der Waals surface area contributed by atoms with Crippen LogP contribution in [-0.2, 0) is 0 Å². The first kappa shape index (κ1) is 18.5. The highest BCUT2D eigenvalue weighted by atomic mass is 32.2. The van der Waals surface area contributed by atoms with E-state index in [1.165, 1.54) is 17.0 Å². The maximum absolute atomic E-state index is 13.1. The van der Waals surface area contributed by atoms with Crippen molar-refractivity contribution in [1.29, 1.82) is 0 Å².